The minimum atomic E-state index is -2.34. The van der Waals surface area contributed by atoms with Crippen molar-refractivity contribution in [3.05, 3.63) is 29.8 Å². The van der Waals surface area contributed by atoms with E-state index in [2.05, 4.69) is 5.32 Å². The van der Waals surface area contributed by atoms with Crippen molar-refractivity contribution in [2.75, 3.05) is 6.54 Å². The lowest BCUT2D eigenvalue weighted by atomic mass is 9.98. The van der Waals surface area contributed by atoms with Crippen molar-refractivity contribution >= 4 is 11.8 Å². The van der Waals surface area contributed by atoms with Gasteiger partial charge in [0.05, 0.1) is 0 Å². The van der Waals surface area contributed by atoms with E-state index in [9.17, 15) is 8.78 Å². The average Bonchev–Trinajstić information content (AvgIpc) is 2.30. The number of alkyl halides is 2. The second-order valence-corrected chi connectivity index (χ2v) is 5.44. The minimum absolute atomic E-state index is 0.510. The lowest BCUT2D eigenvalue weighted by Gasteiger charge is -2.23. The summed E-state index contributed by atoms with van der Waals surface area (Å²) >= 11 is 0.621. The van der Waals surface area contributed by atoms with E-state index in [0.29, 0.717) is 22.7 Å². The van der Waals surface area contributed by atoms with E-state index in [4.69, 9.17) is 0 Å². The van der Waals surface area contributed by atoms with Gasteiger partial charge in [-0.3, -0.25) is 0 Å². The van der Waals surface area contributed by atoms with E-state index in [-0.39, 0.29) is 0 Å². The summed E-state index contributed by atoms with van der Waals surface area (Å²) in [6.07, 6.45) is 4.64. The third kappa shape index (κ3) is 4.28. The van der Waals surface area contributed by atoms with Crippen LogP contribution in [-0.2, 0) is 6.42 Å². The standard InChI is InChI=1S/C13H17F2NS/c14-13(15)17-12-6-3-4-10(9-12)8-11-5-1-2-7-16-11/h3-4,6,9,11,13,16H,1-2,5,7-8H2. The predicted octanol–water partition coefficient (Wildman–Crippen LogP) is 3.69. The van der Waals surface area contributed by atoms with E-state index in [1.165, 1.54) is 19.3 Å². The minimum Gasteiger partial charge on any atom is -0.314 e. The molecule has 1 aromatic carbocycles. The molecule has 0 aromatic heterocycles. The van der Waals surface area contributed by atoms with Gasteiger partial charge < -0.3 is 5.32 Å². The van der Waals surface area contributed by atoms with Crippen LogP contribution in [0.4, 0.5) is 8.78 Å². The molecule has 0 radical (unpaired) electrons. The third-order valence-corrected chi connectivity index (χ3v) is 3.72. The molecule has 1 unspecified atom stereocenters. The lowest BCUT2D eigenvalue weighted by molar-refractivity contribution is 0.252. The molecule has 0 amide bonds. The summed E-state index contributed by atoms with van der Waals surface area (Å²) in [6.45, 7) is 1.08. The van der Waals surface area contributed by atoms with E-state index < -0.39 is 5.76 Å². The van der Waals surface area contributed by atoms with Gasteiger partial charge >= 0.3 is 0 Å². The summed E-state index contributed by atoms with van der Waals surface area (Å²) in [7, 11) is 0. The Bertz CT molecular complexity index is 351. The molecule has 1 N–H and O–H groups in total. The van der Waals surface area contributed by atoms with Gasteiger partial charge in [0.2, 0.25) is 0 Å². The van der Waals surface area contributed by atoms with Crippen molar-refractivity contribution in [1.82, 2.24) is 5.32 Å². The zero-order valence-corrected chi connectivity index (χ0v) is 10.5. The molecule has 1 heterocycles. The van der Waals surface area contributed by atoms with Crippen LogP contribution >= 0.6 is 11.8 Å². The second kappa shape index (κ2) is 6.36. The van der Waals surface area contributed by atoms with Crippen LogP contribution in [0.1, 0.15) is 24.8 Å². The summed E-state index contributed by atoms with van der Waals surface area (Å²) in [4.78, 5) is 0.660. The smallest absolute Gasteiger partial charge is 0.288 e. The molecule has 1 atom stereocenters. The Hall–Kier alpha value is -0.610. The summed E-state index contributed by atoms with van der Waals surface area (Å²) in [5.74, 6) is -2.34. The van der Waals surface area contributed by atoms with Crippen molar-refractivity contribution in [2.24, 2.45) is 0 Å². The Morgan fingerprint density at radius 1 is 1.35 bits per heavy atom. The summed E-state index contributed by atoms with van der Waals surface area (Å²) in [5, 5.41) is 3.47. The molecule has 1 saturated heterocycles. The first-order valence-electron chi connectivity index (χ1n) is 6.01. The van der Waals surface area contributed by atoms with Gasteiger partial charge in [-0.2, -0.15) is 8.78 Å². The van der Waals surface area contributed by atoms with Gasteiger partial charge in [-0.25, -0.2) is 0 Å². The normalized spacial score (nSPS) is 20.8. The molecule has 1 aromatic rings. The van der Waals surface area contributed by atoms with Gasteiger partial charge in [0.15, 0.2) is 0 Å². The van der Waals surface area contributed by atoms with E-state index in [1.807, 2.05) is 18.2 Å². The molecule has 17 heavy (non-hydrogen) atoms. The molecule has 1 aliphatic rings. The fourth-order valence-corrected chi connectivity index (χ4v) is 2.81. The van der Waals surface area contributed by atoms with Crippen LogP contribution in [0.3, 0.4) is 0 Å². The number of thioether (sulfide) groups is 1. The molecular weight excluding hydrogens is 240 g/mol. The van der Waals surface area contributed by atoms with Crippen LogP contribution in [0.5, 0.6) is 0 Å². The van der Waals surface area contributed by atoms with Crippen LogP contribution in [0.2, 0.25) is 0 Å². The SMILES string of the molecule is FC(F)Sc1cccc(CC2CCCCN2)c1. The van der Waals surface area contributed by atoms with Crippen LogP contribution < -0.4 is 5.32 Å². The van der Waals surface area contributed by atoms with Crippen LogP contribution in [0.25, 0.3) is 0 Å². The topological polar surface area (TPSA) is 12.0 Å². The Labute approximate surface area is 105 Å². The highest BCUT2D eigenvalue weighted by Gasteiger charge is 2.13. The quantitative estimate of drug-likeness (QED) is 0.826. The Kier molecular flexibility index (Phi) is 4.80. The molecule has 4 heteroatoms. The largest absolute Gasteiger partial charge is 0.314 e. The molecule has 0 aliphatic carbocycles. The van der Waals surface area contributed by atoms with Crippen LogP contribution in [0, 0.1) is 0 Å². The fraction of sp³-hybridized carbons (Fsp3) is 0.538. The lowest BCUT2D eigenvalue weighted by Crippen LogP contribution is -2.35. The molecule has 0 spiro atoms. The Balaban J connectivity index is 1.95. The third-order valence-electron chi connectivity index (χ3n) is 3.02. The summed E-state index contributed by atoms with van der Waals surface area (Å²) < 4.78 is 24.5. The summed E-state index contributed by atoms with van der Waals surface area (Å²) in [5.41, 5.74) is 1.15. The predicted molar refractivity (Wildman–Crippen MR) is 67.6 cm³/mol. The van der Waals surface area contributed by atoms with Gasteiger partial charge in [0.25, 0.3) is 5.76 Å². The molecule has 1 fully saturated rings. The number of hydrogen-bond acceptors (Lipinski definition) is 2. The van der Waals surface area contributed by atoms with Crippen molar-refractivity contribution < 1.29 is 8.78 Å². The molecule has 1 aliphatic heterocycles. The van der Waals surface area contributed by atoms with Gasteiger partial charge in [0, 0.05) is 10.9 Å². The number of halogens is 2. The zero-order valence-electron chi connectivity index (χ0n) is 9.66. The maximum atomic E-state index is 12.3. The molecule has 1 nitrogen and oxygen atoms in total. The van der Waals surface area contributed by atoms with Gasteiger partial charge in [-0.15, -0.1) is 0 Å². The fourth-order valence-electron chi connectivity index (χ4n) is 2.23. The number of nitrogens with one attached hydrogen (secondary N) is 1. The highest BCUT2D eigenvalue weighted by molar-refractivity contribution is 7.99. The van der Waals surface area contributed by atoms with Crippen LogP contribution in [-0.4, -0.2) is 18.3 Å². The highest BCUT2D eigenvalue weighted by atomic mass is 32.2. The van der Waals surface area contributed by atoms with Crippen LogP contribution in [0.15, 0.2) is 29.2 Å². The van der Waals surface area contributed by atoms with Gasteiger partial charge in [-0.1, -0.05) is 30.3 Å². The summed E-state index contributed by atoms with van der Waals surface area (Å²) in [6, 6.07) is 8.02. The number of rotatable bonds is 4. The van der Waals surface area contributed by atoms with Gasteiger partial charge in [0.1, 0.15) is 0 Å². The molecule has 0 saturated carbocycles. The van der Waals surface area contributed by atoms with E-state index in [0.717, 1.165) is 18.5 Å². The van der Waals surface area contributed by atoms with Crippen molar-refractivity contribution in [2.45, 2.75) is 42.4 Å². The van der Waals surface area contributed by atoms with Crippen molar-refractivity contribution in [3.8, 4) is 0 Å². The molecule has 2 rings (SSSR count). The number of benzene rings is 1. The molecular formula is C13H17F2NS. The Morgan fingerprint density at radius 2 is 2.24 bits per heavy atom. The first kappa shape index (κ1) is 12.8. The maximum Gasteiger partial charge on any atom is 0.288 e. The van der Waals surface area contributed by atoms with E-state index >= 15 is 0 Å². The second-order valence-electron chi connectivity index (χ2n) is 4.38. The first-order chi connectivity index (χ1) is 8.24. The molecule has 0 bridgehead atoms. The van der Waals surface area contributed by atoms with Crippen molar-refractivity contribution in [1.29, 1.82) is 0 Å². The molecule has 94 valence electrons. The van der Waals surface area contributed by atoms with Crippen molar-refractivity contribution in [3.63, 3.8) is 0 Å². The monoisotopic (exact) mass is 257 g/mol. The number of piperidine rings is 1. The highest BCUT2D eigenvalue weighted by Crippen LogP contribution is 2.26. The number of hydrogen-bond donors (Lipinski definition) is 1. The maximum absolute atomic E-state index is 12.3. The average molecular weight is 257 g/mol. The first-order valence-corrected chi connectivity index (χ1v) is 6.89. The van der Waals surface area contributed by atoms with Gasteiger partial charge in [-0.05, 0) is 43.5 Å². The van der Waals surface area contributed by atoms with E-state index in [1.54, 1.807) is 6.07 Å². The zero-order chi connectivity index (χ0) is 12.1. The Morgan fingerprint density at radius 3 is 2.94 bits per heavy atom.